The van der Waals surface area contributed by atoms with Gasteiger partial charge in [0.1, 0.15) is 30.6 Å². The number of likely N-dealkylation sites (N-methyl/N-ethyl adjacent to an activating group) is 1. The van der Waals surface area contributed by atoms with Crippen molar-refractivity contribution in [3.8, 4) is 6.57 Å². The lowest BCUT2D eigenvalue weighted by Crippen LogP contribution is -2.48. The number of amides is 2. The molecule has 11 nitrogen and oxygen atoms in total. The van der Waals surface area contributed by atoms with Crippen molar-refractivity contribution in [2.24, 2.45) is 5.73 Å². The Hall–Kier alpha value is -3.69. The monoisotopic (exact) mass is 499 g/mol. The summed E-state index contributed by atoms with van der Waals surface area (Å²) in [5, 5.41) is 7.50. The second kappa shape index (κ2) is 11.4. The first kappa shape index (κ1) is 25.4. The van der Waals surface area contributed by atoms with Gasteiger partial charge in [-0.15, -0.1) is 0 Å². The Morgan fingerprint density at radius 2 is 1.94 bits per heavy atom. The highest BCUT2D eigenvalue weighted by Crippen LogP contribution is 2.29. The van der Waals surface area contributed by atoms with E-state index in [2.05, 4.69) is 32.1 Å². The molecule has 0 unspecified atom stereocenters. The molecule has 0 radical (unpaired) electrons. The smallest absolute Gasteiger partial charge is 0.410 e. The third-order valence-electron chi connectivity index (χ3n) is 6.67. The number of carbonyl (C=O) groups excluding carboxylic acids is 2. The minimum absolute atomic E-state index is 0.181. The number of ether oxygens (including phenoxy) is 1. The van der Waals surface area contributed by atoms with Crippen LogP contribution in [0.1, 0.15) is 22.8 Å². The number of piperazine rings is 1. The van der Waals surface area contributed by atoms with E-state index in [0.29, 0.717) is 31.8 Å². The molecule has 12 heteroatoms. The number of nitrogens with zero attached hydrogens (tertiary/aromatic N) is 6. The molecule has 0 saturated carbocycles. The van der Waals surface area contributed by atoms with Gasteiger partial charge in [0, 0.05) is 51.2 Å². The van der Waals surface area contributed by atoms with Crippen molar-refractivity contribution >= 4 is 23.5 Å². The van der Waals surface area contributed by atoms with E-state index in [4.69, 9.17) is 17.0 Å². The maximum Gasteiger partial charge on any atom is 0.410 e. The number of hydrogen-bond acceptors (Lipinski definition) is 7. The molecule has 2 amide bonds. The maximum atomic E-state index is 13.2. The molecule has 3 heterocycles. The van der Waals surface area contributed by atoms with Gasteiger partial charge in [-0.05, 0) is 37.7 Å². The van der Waals surface area contributed by atoms with Gasteiger partial charge in [0.2, 0.25) is 0 Å². The third-order valence-corrected chi connectivity index (χ3v) is 6.67. The Kier molecular flexibility index (Phi) is 8.02. The predicted molar refractivity (Wildman–Crippen MR) is 133 cm³/mol. The number of halogens is 1. The van der Waals surface area contributed by atoms with Gasteiger partial charge in [0.15, 0.2) is 5.82 Å². The van der Waals surface area contributed by atoms with E-state index in [-0.39, 0.29) is 29.8 Å². The molecular formula is C24H32FN8O3+. The summed E-state index contributed by atoms with van der Waals surface area (Å²) in [5.41, 5.74) is 6.29. The van der Waals surface area contributed by atoms with Crippen LogP contribution in [-0.2, 0) is 4.74 Å². The topological polar surface area (TPSA) is 113 Å². The van der Waals surface area contributed by atoms with Crippen LogP contribution < -0.4 is 11.1 Å². The maximum absolute atomic E-state index is 13.2. The predicted octanol–water partition coefficient (Wildman–Crippen LogP) is 1.83. The third kappa shape index (κ3) is 6.10. The van der Waals surface area contributed by atoms with Gasteiger partial charge >= 0.3 is 12.1 Å². The van der Waals surface area contributed by atoms with Crippen LogP contribution in [0.3, 0.4) is 0 Å². The largest absolute Gasteiger partial charge is 0.448 e. The van der Waals surface area contributed by atoms with E-state index in [9.17, 15) is 14.0 Å². The molecule has 2 aliphatic heterocycles. The fourth-order valence-corrected chi connectivity index (χ4v) is 4.47. The number of aromatic nitrogens is 2. The number of piperidine rings is 1. The highest BCUT2D eigenvalue weighted by atomic mass is 19.1. The lowest BCUT2D eigenvalue weighted by atomic mass is 10.0. The Morgan fingerprint density at radius 3 is 2.61 bits per heavy atom. The van der Waals surface area contributed by atoms with Crippen LogP contribution in [-0.4, -0.2) is 102 Å². The molecule has 3 N–H and O–H groups in total. The van der Waals surface area contributed by atoms with Crippen molar-refractivity contribution in [3.63, 3.8) is 0 Å². The molecule has 0 spiro atoms. The molecule has 1 aromatic heterocycles. The zero-order valence-electron chi connectivity index (χ0n) is 20.3. The van der Waals surface area contributed by atoms with E-state index in [1.165, 1.54) is 24.3 Å². The summed E-state index contributed by atoms with van der Waals surface area (Å²) >= 11 is 0. The molecule has 0 bridgehead atoms. The number of hydrogen-bond donors (Lipinski definition) is 2. The van der Waals surface area contributed by atoms with Crippen LogP contribution >= 0.6 is 0 Å². The number of carbonyl (C=O) groups is 2. The van der Waals surface area contributed by atoms with Crippen molar-refractivity contribution in [1.82, 2.24) is 24.5 Å². The fraction of sp³-hybridized carbons (Fsp3) is 0.500. The molecule has 192 valence electrons. The minimum Gasteiger partial charge on any atom is -0.448 e. The first-order valence-electron chi connectivity index (χ1n) is 12.0. The van der Waals surface area contributed by atoms with Crippen LogP contribution in [0.2, 0.25) is 0 Å². The zero-order valence-corrected chi connectivity index (χ0v) is 20.3. The molecule has 2 fully saturated rings. The van der Waals surface area contributed by atoms with Crippen molar-refractivity contribution in [3.05, 3.63) is 46.7 Å². The first-order chi connectivity index (χ1) is 17.3. The average Bonchev–Trinajstić information content (AvgIpc) is 3.30. The quantitative estimate of drug-likeness (QED) is 0.598. The summed E-state index contributed by atoms with van der Waals surface area (Å²) in [5.74, 6) is -0.790. The normalized spacial score (nSPS) is 21.1. The number of rotatable bonds is 7. The van der Waals surface area contributed by atoms with E-state index >= 15 is 0 Å². The number of likely N-dealkylation sites (tertiary alicyclic amines) is 1. The zero-order chi connectivity index (χ0) is 25.7. The Bertz CT molecular complexity index is 1110. The summed E-state index contributed by atoms with van der Waals surface area (Å²) in [4.78, 5) is 34.8. The highest BCUT2D eigenvalue weighted by molar-refractivity contribution is 5.98. The lowest BCUT2D eigenvalue weighted by Gasteiger charge is -2.33. The SMILES string of the molecule is C#[N+][C@@H]1CN(C(=O)OCCN2CCN(C)CC2)CC[C@H]1n1cc(C(N)=O)c(Nc2ccc(F)cc2)n1. The van der Waals surface area contributed by atoms with Crippen molar-refractivity contribution in [2.75, 3.05) is 64.8 Å². The van der Waals surface area contributed by atoms with Crippen LogP contribution in [0.4, 0.5) is 20.7 Å². The van der Waals surface area contributed by atoms with Gasteiger partial charge in [-0.3, -0.25) is 14.4 Å². The van der Waals surface area contributed by atoms with E-state index in [1.807, 2.05) is 0 Å². The van der Waals surface area contributed by atoms with Gasteiger partial charge in [-0.25, -0.2) is 9.18 Å². The second-order valence-corrected chi connectivity index (χ2v) is 9.15. The van der Waals surface area contributed by atoms with Crippen molar-refractivity contribution < 1.29 is 18.7 Å². The molecule has 2 atom stereocenters. The average molecular weight is 500 g/mol. The van der Waals surface area contributed by atoms with Crippen LogP contribution in [0.25, 0.3) is 4.85 Å². The molecule has 2 aromatic rings. The fourth-order valence-electron chi connectivity index (χ4n) is 4.47. The standard InChI is InChI=1S/C24H31FN8O3/c1-27-20-16-32(24(35)36-14-13-31-11-9-30(2)10-12-31)8-7-21(20)33-15-19(22(26)34)23(29-33)28-18-5-3-17(25)4-6-18/h1,3-6,15,20-21H,7-14,16H2,2H3,(H2-,26,28,29,34)/p+1/t20-,21-/m1/s1. The summed E-state index contributed by atoms with van der Waals surface area (Å²) in [7, 11) is 2.10. The molecular weight excluding hydrogens is 467 g/mol. The number of benzene rings is 1. The van der Waals surface area contributed by atoms with Gasteiger partial charge in [0.05, 0.1) is 0 Å². The van der Waals surface area contributed by atoms with E-state index in [1.54, 1.807) is 15.8 Å². The van der Waals surface area contributed by atoms with Crippen LogP contribution in [0.15, 0.2) is 30.5 Å². The Labute approximate surface area is 209 Å². The minimum atomic E-state index is -0.659. The summed E-state index contributed by atoms with van der Waals surface area (Å²) in [6, 6.07) is 4.92. The number of anilines is 2. The van der Waals surface area contributed by atoms with Crippen molar-refractivity contribution in [1.29, 1.82) is 0 Å². The van der Waals surface area contributed by atoms with Gasteiger partial charge < -0.3 is 25.6 Å². The molecule has 2 aliphatic rings. The van der Waals surface area contributed by atoms with Gasteiger partial charge in [0.25, 0.3) is 12.5 Å². The van der Waals surface area contributed by atoms with Gasteiger partial charge in [-0.2, -0.15) is 5.10 Å². The number of nitrogens with two attached hydrogens (primary N) is 1. The molecule has 4 rings (SSSR count). The highest BCUT2D eigenvalue weighted by Gasteiger charge is 2.40. The number of primary amides is 1. The molecule has 0 aliphatic carbocycles. The number of nitrogens with one attached hydrogen (secondary N) is 1. The summed E-state index contributed by atoms with van der Waals surface area (Å²) < 4.78 is 20.3. The molecule has 2 saturated heterocycles. The molecule has 36 heavy (non-hydrogen) atoms. The summed E-state index contributed by atoms with van der Waals surface area (Å²) in [6.07, 6.45) is 1.66. The Morgan fingerprint density at radius 1 is 1.22 bits per heavy atom. The Balaban J connectivity index is 1.36. The van der Waals surface area contributed by atoms with E-state index in [0.717, 1.165) is 26.2 Å². The van der Waals surface area contributed by atoms with Gasteiger partial charge in [-0.1, -0.05) is 4.85 Å². The van der Waals surface area contributed by atoms with Crippen LogP contribution in [0.5, 0.6) is 0 Å². The van der Waals surface area contributed by atoms with E-state index < -0.39 is 18.0 Å². The first-order valence-corrected chi connectivity index (χ1v) is 12.0. The van der Waals surface area contributed by atoms with Crippen LogP contribution in [0, 0.1) is 12.4 Å². The second-order valence-electron chi connectivity index (χ2n) is 9.15. The molecule has 1 aromatic carbocycles. The lowest BCUT2D eigenvalue weighted by molar-refractivity contribution is 0.0686. The summed E-state index contributed by atoms with van der Waals surface area (Å²) in [6.45, 7) is 11.4. The van der Waals surface area contributed by atoms with Crippen molar-refractivity contribution in [2.45, 2.75) is 18.5 Å².